The van der Waals surface area contributed by atoms with Crippen molar-refractivity contribution < 1.29 is 80.5 Å². The quantitative estimate of drug-likeness (QED) is 0.248. The summed E-state index contributed by atoms with van der Waals surface area (Å²) in [5.74, 6) is 0. The van der Waals surface area contributed by atoms with E-state index in [1.165, 1.54) is 71.3 Å². The van der Waals surface area contributed by atoms with Crippen molar-refractivity contribution in [2.24, 2.45) is 0 Å². The van der Waals surface area contributed by atoms with Gasteiger partial charge in [0.25, 0.3) is 0 Å². The molecule has 0 radical (unpaired) electrons. The van der Waals surface area contributed by atoms with Crippen molar-refractivity contribution in [2.75, 3.05) is 13.7 Å². The van der Waals surface area contributed by atoms with E-state index in [4.69, 9.17) is 9.42 Å². The maximum Gasteiger partial charge on any atom is 1.00 e. The van der Waals surface area contributed by atoms with Crippen molar-refractivity contribution in [3.63, 3.8) is 0 Å². The van der Waals surface area contributed by atoms with Crippen LogP contribution in [0.3, 0.4) is 0 Å². The predicted octanol–water partition coefficient (Wildman–Crippen LogP) is -0.316. The molecule has 1 unspecified atom stereocenters. The van der Waals surface area contributed by atoms with Crippen LogP contribution in [0.4, 0.5) is 0 Å². The first kappa shape index (κ1) is 28.9. The van der Waals surface area contributed by atoms with Crippen LogP contribution in [0.5, 0.6) is 0 Å². The molecule has 0 fully saturated rings. The van der Waals surface area contributed by atoms with Crippen LogP contribution in [-0.2, 0) is 13.6 Å². The van der Waals surface area contributed by atoms with Gasteiger partial charge in [-0.3, -0.25) is 9.05 Å². The normalized spacial score (nSPS) is 13.0. The van der Waals surface area contributed by atoms with Crippen LogP contribution in [0, 0.1) is 0 Å². The summed E-state index contributed by atoms with van der Waals surface area (Å²) in [6, 6.07) is 0. The Bertz CT molecular complexity index is 266. The molecule has 0 bridgehead atoms. The maximum atomic E-state index is 11.0. The smallest absolute Gasteiger partial charge is 1.00 e. The average Bonchev–Trinajstić information content (AvgIpc) is 2.44. The molecule has 0 aromatic carbocycles. The van der Waals surface area contributed by atoms with Gasteiger partial charge >= 0.3 is 66.9 Å². The Morgan fingerprint density at radius 3 is 1.55 bits per heavy atom. The molecule has 0 aliphatic rings. The third kappa shape index (κ3) is 22.1. The number of phosphoric acid groups is 1. The van der Waals surface area contributed by atoms with E-state index in [0.717, 1.165) is 12.8 Å². The fourth-order valence-electron chi connectivity index (χ4n) is 2.18. The van der Waals surface area contributed by atoms with Crippen LogP contribution >= 0.6 is 7.82 Å². The molecule has 0 saturated heterocycles. The molecule has 1 atom stereocenters. The van der Waals surface area contributed by atoms with E-state index in [1.54, 1.807) is 0 Å². The molecule has 0 rings (SSSR count). The second-order valence-electron chi connectivity index (χ2n) is 5.37. The van der Waals surface area contributed by atoms with Crippen LogP contribution in [-0.4, -0.2) is 18.6 Å². The number of hydrogen-bond donors (Lipinski definition) is 1. The molecular formula is C15H35Na2O4P. The zero-order valence-electron chi connectivity index (χ0n) is 17.3. The number of hydrogen-bond acceptors (Lipinski definition) is 3. The van der Waals surface area contributed by atoms with Crippen LogP contribution in [0.1, 0.15) is 86.8 Å². The molecule has 126 valence electrons. The first-order valence-corrected chi connectivity index (χ1v) is 9.65. The van der Waals surface area contributed by atoms with Gasteiger partial charge < -0.3 is 7.75 Å². The summed E-state index contributed by atoms with van der Waals surface area (Å²) >= 11 is 0. The van der Waals surface area contributed by atoms with Gasteiger partial charge in [-0.15, -0.1) is 0 Å². The van der Waals surface area contributed by atoms with Crippen molar-refractivity contribution in [3.05, 3.63) is 0 Å². The third-order valence-corrected chi connectivity index (χ3v) is 4.45. The Kier molecular flexibility index (Phi) is 27.8. The Morgan fingerprint density at radius 2 is 1.18 bits per heavy atom. The predicted molar refractivity (Wildman–Crippen MR) is 86.1 cm³/mol. The van der Waals surface area contributed by atoms with E-state index in [9.17, 15) is 4.57 Å². The van der Waals surface area contributed by atoms with E-state index < -0.39 is 7.82 Å². The summed E-state index contributed by atoms with van der Waals surface area (Å²) in [7, 11) is -2.57. The summed E-state index contributed by atoms with van der Waals surface area (Å²) in [4.78, 5) is 9.01. The summed E-state index contributed by atoms with van der Waals surface area (Å²) in [5, 5.41) is 0. The van der Waals surface area contributed by atoms with E-state index in [1.807, 2.05) is 0 Å². The van der Waals surface area contributed by atoms with Gasteiger partial charge in [-0.2, -0.15) is 0 Å². The fourth-order valence-corrected chi connectivity index (χ4v) is 2.64. The molecule has 1 N–H and O–H groups in total. The second kappa shape index (κ2) is 21.2. The van der Waals surface area contributed by atoms with Crippen molar-refractivity contribution in [3.8, 4) is 0 Å². The van der Waals surface area contributed by atoms with Gasteiger partial charge in [0, 0.05) is 7.11 Å². The van der Waals surface area contributed by atoms with Gasteiger partial charge in [0.1, 0.15) is 0 Å². The third-order valence-electron chi connectivity index (χ3n) is 3.48. The van der Waals surface area contributed by atoms with Gasteiger partial charge in [-0.1, -0.05) is 77.6 Å². The van der Waals surface area contributed by atoms with Crippen LogP contribution in [0.25, 0.3) is 0 Å². The Labute approximate surface area is 184 Å². The molecule has 0 aromatic rings. The second-order valence-corrected chi connectivity index (χ2v) is 6.93. The number of phosphoric ester groups is 1. The standard InChI is InChI=1S/C15H33O4P.2Na.2H/c1-3-4-5-6-7-8-9-10-11-12-13-14-15-19-20(16,17)18-2;;;;/h3-15H2,1-2H3,(H,16,17);;;;/q;2*+1;2*-1. The average molecular weight is 356 g/mol. The van der Waals surface area contributed by atoms with Crippen LogP contribution in [0.2, 0.25) is 0 Å². The summed E-state index contributed by atoms with van der Waals surface area (Å²) in [6.07, 6.45) is 15.2. The molecule has 4 nitrogen and oxygen atoms in total. The zero-order chi connectivity index (χ0) is 15.1. The molecule has 0 aromatic heterocycles. The van der Waals surface area contributed by atoms with E-state index in [0.29, 0.717) is 6.61 Å². The van der Waals surface area contributed by atoms with Crippen LogP contribution < -0.4 is 59.1 Å². The minimum absolute atomic E-state index is 0. The summed E-state index contributed by atoms with van der Waals surface area (Å²) in [6.45, 7) is 2.55. The van der Waals surface area contributed by atoms with Crippen molar-refractivity contribution in [1.29, 1.82) is 0 Å². The Balaban J connectivity index is -0.000000301. The van der Waals surface area contributed by atoms with Crippen LogP contribution in [0.15, 0.2) is 0 Å². The molecule has 0 heterocycles. The van der Waals surface area contributed by atoms with E-state index in [-0.39, 0.29) is 62.0 Å². The van der Waals surface area contributed by atoms with Crippen molar-refractivity contribution in [1.82, 2.24) is 0 Å². The SMILES string of the molecule is CCCCCCCCCCCCCCOP(=O)(O)OC.[H-].[H-].[Na+].[Na+]. The minimum Gasteiger partial charge on any atom is -1.00 e. The fraction of sp³-hybridized carbons (Fsp3) is 1.00. The first-order chi connectivity index (χ1) is 9.62. The topological polar surface area (TPSA) is 55.8 Å². The van der Waals surface area contributed by atoms with Gasteiger partial charge in [0.15, 0.2) is 0 Å². The zero-order valence-corrected chi connectivity index (χ0v) is 20.2. The molecule has 0 aliphatic heterocycles. The molecule has 0 amide bonds. The van der Waals surface area contributed by atoms with Gasteiger partial charge in [0.2, 0.25) is 0 Å². The summed E-state index contributed by atoms with van der Waals surface area (Å²) < 4.78 is 20.1. The molecule has 22 heavy (non-hydrogen) atoms. The van der Waals surface area contributed by atoms with E-state index >= 15 is 0 Å². The number of unbranched alkanes of at least 4 members (excludes halogenated alkanes) is 11. The largest absolute Gasteiger partial charge is 1.00 e. The monoisotopic (exact) mass is 356 g/mol. The van der Waals surface area contributed by atoms with Gasteiger partial charge in [0.05, 0.1) is 6.61 Å². The first-order valence-electron chi connectivity index (χ1n) is 8.15. The molecular weight excluding hydrogens is 321 g/mol. The van der Waals surface area contributed by atoms with E-state index in [2.05, 4.69) is 11.4 Å². The van der Waals surface area contributed by atoms with Gasteiger partial charge in [-0.05, 0) is 6.42 Å². The maximum absolute atomic E-state index is 11.0. The molecule has 0 aliphatic carbocycles. The molecule has 0 spiro atoms. The summed E-state index contributed by atoms with van der Waals surface area (Å²) in [5.41, 5.74) is 0. The molecule has 7 heteroatoms. The Hall–Kier alpha value is 2.11. The minimum atomic E-state index is -3.76. The Morgan fingerprint density at radius 1 is 0.818 bits per heavy atom. The number of rotatable bonds is 15. The van der Waals surface area contributed by atoms with Crippen molar-refractivity contribution in [2.45, 2.75) is 84.0 Å². The van der Waals surface area contributed by atoms with Gasteiger partial charge in [-0.25, -0.2) is 4.57 Å². The van der Waals surface area contributed by atoms with Crippen molar-refractivity contribution >= 4 is 7.82 Å². The molecule has 0 saturated carbocycles.